The van der Waals surface area contributed by atoms with Crippen LogP contribution < -0.4 is 0 Å². The summed E-state index contributed by atoms with van der Waals surface area (Å²) in [7, 11) is 0. The van der Waals surface area contributed by atoms with Crippen LogP contribution in [-0.4, -0.2) is 35.1 Å². The van der Waals surface area contributed by atoms with E-state index in [4.69, 9.17) is 20.9 Å². The molecule has 0 rings (SSSR count). The third-order valence-corrected chi connectivity index (χ3v) is 5.02. The molecule has 134 valence electrons. The zero-order chi connectivity index (χ0) is 17.3. The van der Waals surface area contributed by atoms with Gasteiger partial charge in [0.05, 0.1) is 11.2 Å². The Morgan fingerprint density at radius 1 is 0.727 bits per heavy atom. The number of thiol groups is 1. The van der Waals surface area contributed by atoms with Gasteiger partial charge in [-0.15, -0.1) is 0 Å². The molecule has 22 heavy (non-hydrogen) atoms. The van der Waals surface area contributed by atoms with E-state index in [1.54, 1.807) is 0 Å². The molecule has 0 saturated heterocycles. The summed E-state index contributed by atoms with van der Waals surface area (Å²) < 4.78 is 12.2. The Kier molecular flexibility index (Phi) is 9.91. The van der Waals surface area contributed by atoms with E-state index in [1.165, 1.54) is 0 Å². The van der Waals surface area contributed by atoms with Crippen LogP contribution in [0.5, 0.6) is 0 Å². The van der Waals surface area contributed by atoms with Crippen LogP contribution >= 0.6 is 17.9 Å². The van der Waals surface area contributed by atoms with Crippen molar-refractivity contribution in [1.29, 1.82) is 0 Å². The van der Waals surface area contributed by atoms with Gasteiger partial charge in [0, 0.05) is 0 Å². The average Bonchev–Trinajstić information content (AvgIpc) is 1.83. The second-order valence-electron chi connectivity index (χ2n) is 9.65. The van der Waals surface area contributed by atoms with E-state index in [0.29, 0.717) is 0 Å². The van der Waals surface area contributed by atoms with Gasteiger partial charge in [-0.3, -0.25) is 0 Å². The Morgan fingerprint density at radius 2 is 0.955 bits per heavy atom. The van der Waals surface area contributed by atoms with Crippen molar-refractivity contribution in [2.45, 2.75) is 93.3 Å². The standard InChI is InChI=1S/C16H35O2PS2.Sn.2H/c1-13(2,3)11-15(7,8)17-19(20,21)18-16(9,10)12-14(4,5)6;;;/h11-12H2,1-10H3,(H,20,21);;;. The first-order valence-corrected chi connectivity index (χ1v) is 11.4. The molecule has 6 heteroatoms. The SMILES string of the molecule is CC(C)(C)CC(C)(C)OP(=S)(S)OC(C)(C)CC(C)(C)C.[SnH2]. The predicted octanol–water partition coefficient (Wildman–Crippen LogP) is 5.69. The van der Waals surface area contributed by atoms with Gasteiger partial charge < -0.3 is 9.05 Å². The molecule has 2 nitrogen and oxygen atoms in total. The van der Waals surface area contributed by atoms with Crippen molar-refractivity contribution in [3.63, 3.8) is 0 Å². The normalized spacial score (nSPS) is 14.7. The Morgan fingerprint density at radius 3 is 1.14 bits per heavy atom. The van der Waals surface area contributed by atoms with Crippen LogP contribution in [0.15, 0.2) is 0 Å². The Labute approximate surface area is 166 Å². The van der Waals surface area contributed by atoms with Crippen molar-refractivity contribution < 1.29 is 9.05 Å². The summed E-state index contributed by atoms with van der Waals surface area (Å²) in [6.07, 6.45) is 1.81. The summed E-state index contributed by atoms with van der Waals surface area (Å²) in [5.41, 5.74) is -2.91. The molecule has 0 aliphatic rings. The molecule has 0 aromatic heterocycles. The van der Waals surface area contributed by atoms with Crippen LogP contribution in [0.4, 0.5) is 0 Å². The van der Waals surface area contributed by atoms with Crippen LogP contribution in [0, 0.1) is 10.8 Å². The number of hydrogen-bond acceptors (Lipinski definition) is 3. The minimum absolute atomic E-state index is 0. The van der Waals surface area contributed by atoms with Crippen molar-refractivity contribution in [2.75, 3.05) is 0 Å². The van der Waals surface area contributed by atoms with Gasteiger partial charge in [0.2, 0.25) is 5.69 Å². The third-order valence-electron chi connectivity index (χ3n) is 2.64. The van der Waals surface area contributed by atoms with Gasteiger partial charge in [0.15, 0.2) is 0 Å². The van der Waals surface area contributed by atoms with Crippen molar-refractivity contribution >= 4 is 53.7 Å². The first-order valence-electron chi connectivity index (χ1n) is 7.57. The van der Waals surface area contributed by atoms with E-state index in [2.05, 4.69) is 81.5 Å². The molecule has 0 unspecified atom stereocenters. The molecule has 0 aromatic rings. The molecule has 0 fully saturated rings. The summed E-state index contributed by atoms with van der Waals surface area (Å²) in [6, 6.07) is 0. The first-order chi connectivity index (χ1) is 8.83. The Balaban J connectivity index is 0. The molecule has 0 atom stereocenters. The van der Waals surface area contributed by atoms with Crippen molar-refractivity contribution in [3.8, 4) is 0 Å². The first kappa shape index (κ1) is 26.0. The third kappa shape index (κ3) is 14.1. The monoisotopic (exact) mass is 476 g/mol. The van der Waals surface area contributed by atoms with Gasteiger partial charge >= 0.3 is 23.9 Å². The van der Waals surface area contributed by atoms with Gasteiger partial charge in [-0.2, -0.15) is 0 Å². The van der Waals surface area contributed by atoms with Gasteiger partial charge in [0.25, 0.3) is 0 Å². The average molecular weight is 475 g/mol. The van der Waals surface area contributed by atoms with Gasteiger partial charge in [-0.1, -0.05) is 53.8 Å². The Bertz CT molecular complexity index is 362. The maximum atomic E-state index is 6.12. The van der Waals surface area contributed by atoms with Crippen LogP contribution in [0.2, 0.25) is 0 Å². The molecule has 0 aliphatic heterocycles. The second kappa shape index (κ2) is 8.40. The predicted molar refractivity (Wildman–Crippen MR) is 110 cm³/mol. The zero-order valence-corrected chi connectivity index (χ0v) is 22.9. The van der Waals surface area contributed by atoms with Gasteiger partial charge in [-0.25, -0.2) is 0 Å². The summed E-state index contributed by atoms with van der Waals surface area (Å²) in [4.78, 5) is 0. The zero-order valence-electron chi connectivity index (χ0n) is 16.2. The summed E-state index contributed by atoms with van der Waals surface area (Å²) in [5, 5.41) is 0. The molecule has 0 heterocycles. The molecule has 2 radical (unpaired) electrons. The van der Waals surface area contributed by atoms with Crippen LogP contribution in [0.1, 0.15) is 82.1 Å². The number of rotatable bonds is 6. The quantitative estimate of drug-likeness (QED) is 0.303. The van der Waals surface area contributed by atoms with E-state index in [-0.39, 0.29) is 45.9 Å². The molecular weight excluding hydrogens is 438 g/mol. The van der Waals surface area contributed by atoms with Crippen LogP contribution in [0.25, 0.3) is 0 Å². The summed E-state index contributed by atoms with van der Waals surface area (Å²) >= 11 is 10.1. The van der Waals surface area contributed by atoms with E-state index < -0.39 is 5.69 Å². The molecule has 0 aliphatic carbocycles. The Hall–Kier alpha value is 1.72. The topological polar surface area (TPSA) is 18.5 Å². The molecule has 0 aromatic carbocycles. The van der Waals surface area contributed by atoms with Crippen molar-refractivity contribution in [2.24, 2.45) is 10.8 Å². The molecule has 0 amide bonds. The van der Waals surface area contributed by atoms with Crippen molar-refractivity contribution in [1.82, 2.24) is 0 Å². The minimum atomic E-state index is -2.58. The van der Waals surface area contributed by atoms with E-state index in [0.717, 1.165) is 12.8 Å². The molecular formula is C16H37O2PS2Sn. The summed E-state index contributed by atoms with van der Waals surface area (Å²) in [5.74, 6) is 0. The van der Waals surface area contributed by atoms with Crippen molar-refractivity contribution in [3.05, 3.63) is 0 Å². The van der Waals surface area contributed by atoms with Gasteiger partial charge in [0.1, 0.15) is 0 Å². The molecule has 0 spiro atoms. The second-order valence-corrected chi connectivity index (χ2v) is 14.8. The fourth-order valence-electron chi connectivity index (χ4n) is 3.26. The number of hydrogen-bond donors (Lipinski definition) is 1. The molecule has 0 N–H and O–H groups in total. The van der Waals surface area contributed by atoms with E-state index in [1.807, 2.05) is 0 Å². The van der Waals surface area contributed by atoms with E-state index in [9.17, 15) is 0 Å². The molecule has 0 bridgehead atoms. The van der Waals surface area contributed by atoms with E-state index >= 15 is 0 Å². The van der Waals surface area contributed by atoms with Crippen LogP contribution in [0.3, 0.4) is 0 Å². The van der Waals surface area contributed by atoms with Crippen LogP contribution in [-0.2, 0) is 20.9 Å². The fraction of sp³-hybridized carbons (Fsp3) is 1.00. The molecule has 0 saturated carbocycles. The fourth-order valence-corrected chi connectivity index (χ4v) is 7.21. The summed E-state index contributed by atoms with van der Waals surface area (Å²) in [6.45, 7) is 21.5. The van der Waals surface area contributed by atoms with Gasteiger partial charge in [-0.05, 0) is 63.2 Å². The maximum absolute atomic E-state index is 6.12.